The van der Waals surface area contributed by atoms with Gasteiger partial charge in [0.25, 0.3) is 0 Å². The predicted octanol–water partition coefficient (Wildman–Crippen LogP) is 2.52. The van der Waals surface area contributed by atoms with Gasteiger partial charge in [-0.3, -0.25) is 0 Å². The molecule has 1 heteroatoms. The third-order valence-electron chi connectivity index (χ3n) is 1.91. The molecule has 2 rings (SSSR count). The molecule has 1 aliphatic heterocycles. The molecule has 0 saturated carbocycles. The summed E-state index contributed by atoms with van der Waals surface area (Å²) in [7, 11) is 0. The third kappa shape index (κ3) is 1.06. The Hall–Kier alpha value is -0.430. The topological polar surface area (TPSA) is 0 Å². The highest BCUT2D eigenvalue weighted by Gasteiger charge is 2.18. The van der Waals surface area contributed by atoms with Gasteiger partial charge in [0.05, 0.1) is 0 Å². The summed E-state index contributed by atoms with van der Waals surface area (Å²) < 4.78 is 0. The number of thioether (sulfide) groups is 1. The van der Waals surface area contributed by atoms with Crippen LogP contribution < -0.4 is 0 Å². The lowest BCUT2D eigenvalue weighted by Gasteiger charge is -2.24. The van der Waals surface area contributed by atoms with E-state index in [0.717, 1.165) is 5.92 Å². The van der Waals surface area contributed by atoms with E-state index in [1.54, 1.807) is 0 Å². The highest BCUT2D eigenvalue weighted by molar-refractivity contribution is 8.00. The maximum atomic E-state index is 2.23. The van der Waals surface area contributed by atoms with Crippen LogP contribution in [0.25, 0.3) is 0 Å². The van der Waals surface area contributed by atoms with Crippen molar-refractivity contribution in [2.75, 3.05) is 11.5 Å². The monoisotopic (exact) mass is 150 g/mol. The minimum Gasteiger partial charge on any atom is -0.161 e. The molecule has 1 aromatic rings. The van der Waals surface area contributed by atoms with Gasteiger partial charge in [0.1, 0.15) is 0 Å². The largest absolute Gasteiger partial charge is 0.161 e. The first-order valence-corrected chi connectivity index (χ1v) is 4.75. The molecule has 1 aromatic carbocycles. The van der Waals surface area contributed by atoms with E-state index >= 15 is 0 Å². The SMILES string of the molecule is c1ccc(C2CSC2)cc1. The Morgan fingerprint density at radius 3 is 2.30 bits per heavy atom. The molecule has 10 heavy (non-hydrogen) atoms. The second-order valence-corrected chi connectivity index (χ2v) is 3.72. The maximum Gasteiger partial charge on any atom is 0.00198 e. The molecule has 0 radical (unpaired) electrons. The van der Waals surface area contributed by atoms with Gasteiger partial charge in [-0.1, -0.05) is 30.3 Å². The summed E-state index contributed by atoms with van der Waals surface area (Å²) in [6.07, 6.45) is 0. The average Bonchev–Trinajstić information content (AvgIpc) is 1.86. The van der Waals surface area contributed by atoms with Crippen LogP contribution in [-0.4, -0.2) is 11.5 Å². The van der Waals surface area contributed by atoms with Gasteiger partial charge >= 0.3 is 0 Å². The lowest BCUT2D eigenvalue weighted by molar-refractivity contribution is 0.850. The summed E-state index contributed by atoms with van der Waals surface area (Å²) in [5.74, 6) is 3.50. The van der Waals surface area contributed by atoms with E-state index in [9.17, 15) is 0 Å². The van der Waals surface area contributed by atoms with Crippen molar-refractivity contribution in [3.8, 4) is 0 Å². The molecule has 52 valence electrons. The Morgan fingerprint density at radius 2 is 1.80 bits per heavy atom. The first-order chi connectivity index (χ1) is 4.97. The first-order valence-electron chi connectivity index (χ1n) is 3.59. The van der Waals surface area contributed by atoms with Crippen molar-refractivity contribution >= 4 is 11.8 Å². The number of benzene rings is 1. The van der Waals surface area contributed by atoms with Crippen LogP contribution in [-0.2, 0) is 0 Å². The molecule has 1 heterocycles. The quantitative estimate of drug-likeness (QED) is 0.592. The highest BCUT2D eigenvalue weighted by Crippen LogP contribution is 2.33. The van der Waals surface area contributed by atoms with Crippen LogP contribution in [0.1, 0.15) is 11.5 Å². The Labute approximate surface area is 65.6 Å². The third-order valence-corrected chi connectivity index (χ3v) is 3.19. The lowest BCUT2D eigenvalue weighted by atomic mass is 10.0. The molecule has 0 unspecified atom stereocenters. The molecule has 0 nitrogen and oxygen atoms in total. The molecule has 0 bridgehead atoms. The van der Waals surface area contributed by atoms with Gasteiger partial charge in [-0.2, -0.15) is 11.8 Å². The second kappa shape index (κ2) is 2.67. The van der Waals surface area contributed by atoms with E-state index in [0.29, 0.717) is 0 Å². The average molecular weight is 150 g/mol. The Morgan fingerprint density at radius 1 is 1.10 bits per heavy atom. The van der Waals surface area contributed by atoms with E-state index in [-0.39, 0.29) is 0 Å². The van der Waals surface area contributed by atoms with Gasteiger partial charge in [-0.15, -0.1) is 0 Å². The second-order valence-electron chi connectivity index (χ2n) is 2.65. The van der Waals surface area contributed by atoms with Crippen molar-refractivity contribution in [3.05, 3.63) is 35.9 Å². The van der Waals surface area contributed by atoms with E-state index in [1.165, 1.54) is 17.1 Å². The number of rotatable bonds is 1. The number of hydrogen-bond donors (Lipinski definition) is 0. The molecule has 1 fully saturated rings. The minimum absolute atomic E-state index is 0.853. The van der Waals surface area contributed by atoms with Crippen LogP contribution in [0.5, 0.6) is 0 Å². The molecule has 0 amide bonds. The fraction of sp³-hybridized carbons (Fsp3) is 0.333. The van der Waals surface area contributed by atoms with E-state index < -0.39 is 0 Å². The zero-order chi connectivity index (χ0) is 6.81. The highest BCUT2D eigenvalue weighted by atomic mass is 32.2. The molecule has 0 atom stereocenters. The molecular formula is C9H10S. The van der Waals surface area contributed by atoms with Crippen LogP contribution in [0, 0.1) is 0 Å². The summed E-state index contributed by atoms with van der Waals surface area (Å²) in [4.78, 5) is 0. The Kier molecular flexibility index (Phi) is 1.68. The minimum atomic E-state index is 0.853. The summed E-state index contributed by atoms with van der Waals surface area (Å²) in [6, 6.07) is 10.8. The Balaban J connectivity index is 2.18. The van der Waals surface area contributed by atoms with Crippen LogP contribution in [0.15, 0.2) is 30.3 Å². The van der Waals surface area contributed by atoms with Crippen LogP contribution >= 0.6 is 11.8 Å². The van der Waals surface area contributed by atoms with E-state index in [4.69, 9.17) is 0 Å². The molecule has 0 spiro atoms. The fourth-order valence-electron chi connectivity index (χ4n) is 1.15. The molecule has 1 saturated heterocycles. The zero-order valence-corrected chi connectivity index (χ0v) is 6.60. The van der Waals surface area contributed by atoms with E-state index in [1.807, 2.05) is 11.8 Å². The van der Waals surface area contributed by atoms with Crippen LogP contribution in [0.2, 0.25) is 0 Å². The maximum absolute atomic E-state index is 2.23. The Bertz CT molecular complexity index is 201. The van der Waals surface area contributed by atoms with Gasteiger partial charge in [0.15, 0.2) is 0 Å². The predicted molar refractivity (Wildman–Crippen MR) is 46.5 cm³/mol. The summed E-state index contributed by atoms with van der Waals surface area (Å²) in [5, 5.41) is 0. The fourth-order valence-corrected chi connectivity index (χ4v) is 2.01. The van der Waals surface area contributed by atoms with Gasteiger partial charge in [-0.25, -0.2) is 0 Å². The van der Waals surface area contributed by atoms with E-state index in [2.05, 4.69) is 30.3 Å². The lowest BCUT2D eigenvalue weighted by Crippen LogP contribution is -2.14. The molecular weight excluding hydrogens is 140 g/mol. The summed E-state index contributed by atoms with van der Waals surface area (Å²) in [6.45, 7) is 0. The van der Waals surface area contributed by atoms with Gasteiger partial charge in [-0.05, 0) is 5.56 Å². The van der Waals surface area contributed by atoms with Crippen LogP contribution in [0.3, 0.4) is 0 Å². The molecule has 1 aliphatic rings. The molecule has 0 aliphatic carbocycles. The van der Waals surface area contributed by atoms with Gasteiger partial charge in [0, 0.05) is 17.4 Å². The van der Waals surface area contributed by atoms with Crippen molar-refractivity contribution in [1.82, 2.24) is 0 Å². The van der Waals surface area contributed by atoms with Gasteiger partial charge in [0.2, 0.25) is 0 Å². The zero-order valence-electron chi connectivity index (χ0n) is 5.79. The van der Waals surface area contributed by atoms with Crippen molar-refractivity contribution in [1.29, 1.82) is 0 Å². The normalized spacial score (nSPS) is 18.4. The summed E-state index contributed by atoms with van der Waals surface area (Å²) in [5.41, 5.74) is 1.52. The smallest absolute Gasteiger partial charge is 0.00198 e. The van der Waals surface area contributed by atoms with Crippen molar-refractivity contribution in [2.24, 2.45) is 0 Å². The van der Waals surface area contributed by atoms with Crippen LogP contribution in [0.4, 0.5) is 0 Å². The standard InChI is InChI=1S/C9H10S/c1-2-4-8(5-3-1)9-6-10-7-9/h1-5,9H,6-7H2. The van der Waals surface area contributed by atoms with Gasteiger partial charge < -0.3 is 0 Å². The number of hydrogen-bond acceptors (Lipinski definition) is 1. The van der Waals surface area contributed by atoms with Crippen molar-refractivity contribution < 1.29 is 0 Å². The van der Waals surface area contributed by atoms with Crippen molar-refractivity contribution in [2.45, 2.75) is 5.92 Å². The summed E-state index contributed by atoms with van der Waals surface area (Å²) >= 11 is 2.04. The molecule has 0 N–H and O–H groups in total. The first kappa shape index (κ1) is 6.29. The molecule has 0 aromatic heterocycles. The van der Waals surface area contributed by atoms with Crippen molar-refractivity contribution in [3.63, 3.8) is 0 Å².